The summed E-state index contributed by atoms with van der Waals surface area (Å²) in [4.78, 5) is 47.4. The molecule has 0 amide bonds. The van der Waals surface area contributed by atoms with E-state index in [0.717, 1.165) is 44.1 Å². The van der Waals surface area contributed by atoms with Crippen molar-refractivity contribution in [2.75, 3.05) is 6.61 Å². The highest BCUT2D eigenvalue weighted by molar-refractivity contribution is 5.91. The first-order valence-corrected chi connectivity index (χ1v) is 11.8. The van der Waals surface area contributed by atoms with Gasteiger partial charge in [-0.2, -0.15) is 0 Å². The number of ether oxygens (including phenoxy) is 1. The number of esters is 1. The molecule has 6 heteroatoms. The molecule has 0 heterocycles. The minimum Gasteiger partial charge on any atom is -0.550 e. The van der Waals surface area contributed by atoms with Gasteiger partial charge in [0, 0.05) is 23.7 Å². The zero-order valence-corrected chi connectivity index (χ0v) is 18.6. The third-order valence-corrected chi connectivity index (χ3v) is 9.20. The van der Waals surface area contributed by atoms with Crippen molar-refractivity contribution in [2.45, 2.75) is 78.1 Å². The van der Waals surface area contributed by atoms with Gasteiger partial charge in [0.25, 0.3) is 0 Å². The Balaban J connectivity index is 1.59. The van der Waals surface area contributed by atoms with Gasteiger partial charge in [0.1, 0.15) is 12.4 Å². The van der Waals surface area contributed by atoms with Crippen molar-refractivity contribution in [3.63, 3.8) is 0 Å². The highest BCUT2D eigenvalue weighted by atomic mass is 16.5. The molecule has 0 aromatic carbocycles. The largest absolute Gasteiger partial charge is 0.550 e. The minimum absolute atomic E-state index is 0.0467. The van der Waals surface area contributed by atoms with E-state index in [-0.39, 0.29) is 42.0 Å². The van der Waals surface area contributed by atoms with Crippen molar-refractivity contribution in [1.82, 2.24) is 0 Å². The van der Waals surface area contributed by atoms with E-state index in [2.05, 4.69) is 6.92 Å². The maximum Gasteiger partial charge on any atom is 0.306 e. The Morgan fingerprint density at radius 2 is 1.84 bits per heavy atom. The monoisotopic (exact) mass is 429 g/mol. The van der Waals surface area contributed by atoms with Gasteiger partial charge >= 0.3 is 5.97 Å². The van der Waals surface area contributed by atoms with Crippen LogP contribution in [-0.2, 0) is 23.9 Å². The third-order valence-electron chi connectivity index (χ3n) is 9.20. The van der Waals surface area contributed by atoms with Gasteiger partial charge in [0.15, 0.2) is 5.78 Å². The second-order valence-corrected chi connectivity index (χ2v) is 10.5. The Morgan fingerprint density at radius 1 is 1.06 bits per heavy atom. The second kappa shape index (κ2) is 8.18. The van der Waals surface area contributed by atoms with Crippen LogP contribution in [0.4, 0.5) is 0 Å². The fraction of sp³-hybridized carbons (Fsp3) is 0.760. The van der Waals surface area contributed by atoms with E-state index in [1.54, 1.807) is 13.0 Å². The highest BCUT2D eigenvalue weighted by Gasteiger charge is 2.61. The number of fused-ring (bicyclic) bond motifs is 5. The summed E-state index contributed by atoms with van der Waals surface area (Å²) in [6.45, 7) is 4.25. The molecule has 0 unspecified atom stereocenters. The van der Waals surface area contributed by atoms with E-state index in [4.69, 9.17) is 4.74 Å². The fourth-order valence-corrected chi connectivity index (χ4v) is 7.79. The number of carboxylic acids is 1. The number of hydrogen-bond acceptors (Lipinski definition) is 6. The Bertz CT molecular complexity index is 828. The molecule has 0 aromatic rings. The van der Waals surface area contributed by atoms with Crippen LogP contribution in [0.1, 0.15) is 78.1 Å². The first-order chi connectivity index (χ1) is 14.7. The van der Waals surface area contributed by atoms with E-state index in [9.17, 15) is 24.3 Å². The summed E-state index contributed by atoms with van der Waals surface area (Å²) < 4.78 is 5.64. The smallest absolute Gasteiger partial charge is 0.306 e. The minimum atomic E-state index is -1.26. The van der Waals surface area contributed by atoms with E-state index < -0.39 is 11.9 Å². The zero-order valence-electron chi connectivity index (χ0n) is 18.6. The van der Waals surface area contributed by atoms with E-state index in [1.807, 2.05) is 0 Å². The molecular weight excluding hydrogens is 396 g/mol. The lowest BCUT2D eigenvalue weighted by Gasteiger charge is -2.58. The third kappa shape index (κ3) is 3.76. The predicted octanol–water partition coefficient (Wildman–Crippen LogP) is 2.78. The molecule has 4 aliphatic rings. The normalized spacial score (nSPS) is 39.0. The van der Waals surface area contributed by atoms with Gasteiger partial charge in [-0.15, -0.1) is 0 Å². The highest BCUT2D eigenvalue weighted by Crippen LogP contribution is 2.66. The van der Waals surface area contributed by atoms with Gasteiger partial charge < -0.3 is 14.6 Å². The summed E-state index contributed by atoms with van der Waals surface area (Å²) in [7, 11) is 0. The van der Waals surface area contributed by atoms with Gasteiger partial charge in [-0.3, -0.25) is 14.4 Å². The molecular formula is C25H33O6-. The van der Waals surface area contributed by atoms with E-state index in [1.165, 1.54) is 0 Å². The lowest BCUT2D eigenvalue weighted by molar-refractivity contribution is -0.305. The molecule has 4 rings (SSSR count). The molecule has 6 atom stereocenters. The van der Waals surface area contributed by atoms with Crippen molar-refractivity contribution in [2.24, 2.45) is 34.5 Å². The SMILES string of the molecule is CC(=O)[C@@H]1CC[C@H]2[C@@H]3CCC4=CC(=O)CC[C@]4(COC(=O)CCC(=O)[O-])[C@@H]3CC[C@]12C. The van der Waals surface area contributed by atoms with Crippen molar-refractivity contribution < 1.29 is 29.0 Å². The van der Waals surface area contributed by atoms with Crippen LogP contribution < -0.4 is 5.11 Å². The molecule has 4 aliphatic carbocycles. The molecule has 3 fully saturated rings. The molecule has 0 spiro atoms. The molecule has 31 heavy (non-hydrogen) atoms. The predicted molar refractivity (Wildman–Crippen MR) is 110 cm³/mol. The van der Waals surface area contributed by atoms with Crippen LogP contribution in [0.5, 0.6) is 0 Å². The lowest BCUT2D eigenvalue weighted by atomic mass is 9.46. The number of aliphatic carboxylic acids is 1. The summed E-state index contributed by atoms with van der Waals surface area (Å²) in [5, 5.41) is 10.7. The number of ketones is 2. The Hall–Kier alpha value is -1.98. The number of carbonyl (C=O) groups is 4. The molecule has 0 aliphatic heterocycles. The van der Waals surface area contributed by atoms with Crippen molar-refractivity contribution in [1.29, 1.82) is 0 Å². The standard InChI is InChI=1S/C25H34O6/c1-15(26)19-5-6-20-18-4-3-16-13-17(27)9-12-25(16,21(18)10-11-24(19,20)2)14-31-23(30)8-7-22(28)29/h13,18-21H,3-12,14H2,1-2H3,(H,28,29)/p-1/t18-,19-,20-,21+,24+,25+/m0/s1. The average molecular weight is 430 g/mol. The van der Waals surface area contributed by atoms with Gasteiger partial charge in [-0.05, 0) is 87.5 Å². The first-order valence-electron chi connectivity index (χ1n) is 11.8. The second-order valence-electron chi connectivity index (χ2n) is 10.5. The molecule has 3 saturated carbocycles. The van der Waals surface area contributed by atoms with Crippen molar-refractivity contribution >= 4 is 23.5 Å². The quantitative estimate of drug-likeness (QED) is 0.602. The molecule has 6 nitrogen and oxygen atoms in total. The number of Topliss-reactive ketones (excluding diaryl/α,β-unsaturated/α-hetero) is 1. The first kappa shape index (κ1) is 22.2. The maximum absolute atomic E-state index is 12.3. The Kier molecular flexibility index (Phi) is 5.86. The van der Waals surface area contributed by atoms with E-state index >= 15 is 0 Å². The fourth-order valence-electron chi connectivity index (χ4n) is 7.79. The summed E-state index contributed by atoms with van der Waals surface area (Å²) >= 11 is 0. The van der Waals surface area contributed by atoms with Crippen LogP contribution in [0.25, 0.3) is 0 Å². The van der Waals surface area contributed by atoms with E-state index in [0.29, 0.717) is 36.4 Å². The van der Waals surface area contributed by atoms with Crippen molar-refractivity contribution in [3.8, 4) is 0 Å². The average Bonchev–Trinajstić information content (AvgIpc) is 3.08. The van der Waals surface area contributed by atoms with Gasteiger partial charge in [-0.1, -0.05) is 12.5 Å². The number of rotatable bonds is 6. The molecule has 0 radical (unpaired) electrons. The summed E-state index contributed by atoms with van der Waals surface area (Å²) in [5.74, 6) is 0.102. The van der Waals surface area contributed by atoms with Crippen LogP contribution in [-0.4, -0.2) is 30.1 Å². The lowest BCUT2D eigenvalue weighted by Crippen LogP contribution is -2.53. The molecule has 0 aromatic heterocycles. The number of hydrogen-bond donors (Lipinski definition) is 0. The van der Waals surface area contributed by atoms with Crippen LogP contribution >= 0.6 is 0 Å². The van der Waals surface area contributed by atoms with Gasteiger partial charge in [0.2, 0.25) is 0 Å². The summed E-state index contributed by atoms with van der Waals surface area (Å²) in [5.41, 5.74) is 0.830. The van der Waals surface area contributed by atoms with Gasteiger partial charge in [-0.25, -0.2) is 0 Å². The number of carboxylic acid groups (broad SMARTS) is 1. The number of carbonyl (C=O) groups excluding carboxylic acids is 4. The molecule has 0 bridgehead atoms. The van der Waals surface area contributed by atoms with Crippen LogP contribution in [0, 0.1) is 34.5 Å². The summed E-state index contributed by atoms with van der Waals surface area (Å²) in [6, 6.07) is 0. The van der Waals surface area contributed by atoms with Crippen LogP contribution in [0.2, 0.25) is 0 Å². The van der Waals surface area contributed by atoms with Crippen molar-refractivity contribution in [3.05, 3.63) is 11.6 Å². The Labute approximate surface area is 183 Å². The molecule has 170 valence electrons. The molecule has 0 N–H and O–H groups in total. The Morgan fingerprint density at radius 3 is 2.55 bits per heavy atom. The van der Waals surface area contributed by atoms with Crippen LogP contribution in [0.15, 0.2) is 11.6 Å². The van der Waals surface area contributed by atoms with Gasteiger partial charge in [0.05, 0.1) is 6.42 Å². The molecule has 0 saturated heterocycles. The van der Waals surface area contributed by atoms with Crippen LogP contribution in [0.3, 0.4) is 0 Å². The maximum atomic E-state index is 12.3. The summed E-state index contributed by atoms with van der Waals surface area (Å²) in [6.07, 6.45) is 8.26. The zero-order chi connectivity index (χ0) is 22.4. The topological polar surface area (TPSA) is 101 Å².